The van der Waals surface area contributed by atoms with Crippen molar-refractivity contribution < 1.29 is 19.6 Å². The van der Waals surface area contributed by atoms with E-state index >= 15 is 0 Å². The highest BCUT2D eigenvalue weighted by Gasteiger charge is 2.43. The minimum atomic E-state index is -1.04. The summed E-state index contributed by atoms with van der Waals surface area (Å²) in [5.74, 6) is -0.817. The van der Waals surface area contributed by atoms with Crippen LogP contribution in [0.3, 0.4) is 0 Å². The van der Waals surface area contributed by atoms with Crippen LogP contribution in [-0.2, 0) is 4.79 Å². The van der Waals surface area contributed by atoms with E-state index in [-0.39, 0.29) is 11.4 Å². The quantitative estimate of drug-likeness (QED) is 0.618. The summed E-state index contributed by atoms with van der Waals surface area (Å²) in [4.78, 5) is 21.7. The van der Waals surface area contributed by atoms with Gasteiger partial charge in [0.05, 0.1) is 17.4 Å². The number of nitrogens with zero attached hydrogens (tertiary/aromatic N) is 1. The summed E-state index contributed by atoms with van der Waals surface area (Å²) >= 11 is 0. The Morgan fingerprint density at radius 3 is 2.33 bits per heavy atom. The normalized spacial score (nSPS) is 11.9. The lowest BCUT2D eigenvalue weighted by atomic mass is 9.74. The lowest BCUT2D eigenvalue weighted by Crippen LogP contribution is -2.50. The molecule has 0 spiro atoms. The summed E-state index contributed by atoms with van der Waals surface area (Å²) in [6, 6.07) is 4.34. The SMILES string of the molecule is COc1cc(NC(C)(C)C(C)(C)C(=O)O)ccc1[N+](=O)[O-]. The molecule has 2 N–H and O–H groups in total. The summed E-state index contributed by atoms with van der Waals surface area (Å²) in [6.45, 7) is 6.75. The van der Waals surface area contributed by atoms with E-state index in [1.807, 2.05) is 0 Å². The topological polar surface area (TPSA) is 102 Å². The molecule has 7 nitrogen and oxygen atoms in total. The zero-order valence-electron chi connectivity index (χ0n) is 12.8. The third-order valence-corrected chi connectivity index (χ3v) is 3.93. The van der Waals surface area contributed by atoms with Crippen LogP contribution in [0.1, 0.15) is 27.7 Å². The van der Waals surface area contributed by atoms with Crippen LogP contribution in [0.25, 0.3) is 0 Å². The predicted octanol–water partition coefficient (Wildman–Crippen LogP) is 2.90. The summed E-state index contributed by atoms with van der Waals surface area (Å²) in [5.41, 5.74) is -1.41. The van der Waals surface area contributed by atoms with Crippen LogP contribution in [0.5, 0.6) is 5.75 Å². The molecule has 0 aliphatic rings. The molecular weight excluding hydrogens is 276 g/mol. The maximum Gasteiger partial charge on any atom is 0.311 e. The van der Waals surface area contributed by atoms with Crippen molar-refractivity contribution in [1.29, 1.82) is 0 Å². The molecule has 0 aliphatic heterocycles. The number of benzene rings is 1. The van der Waals surface area contributed by atoms with Crippen LogP contribution < -0.4 is 10.1 Å². The van der Waals surface area contributed by atoms with Gasteiger partial charge in [-0.25, -0.2) is 0 Å². The van der Waals surface area contributed by atoms with Gasteiger partial charge in [-0.1, -0.05) is 0 Å². The Hall–Kier alpha value is -2.31. The maximum absolute atomic E-state index is 11.4. The third kappa shape index (κ3) is 3.24. The van der Waals surface area contributed by atoms with Crippen LogP contribution >= 0.6 is 0 Å². The summed E-state index contributed by atoms with van der Waals surface area (Å²) in [5, 5.41) is 23.3. The number of hydrogen-bond acceptors (Lipinski definition) is 5. The van der Waals surface area contributed by atoms with E-state index in [2.05, 4.69) is 5.32 Å². The Labute approximate surface area is 123 Å². The van der Waals surface area contributed by atoms with Crippen LogP contribution in [0, 0.1) is 15.5 Å². The number of hydrogen-bond donors (Lipinski definition) is 2. The minimum absolute atomic E-state index is 0.119. The second kappa shape index (κ2) is 5.59. The van der Waals surface area contributed by atoms with E-state index in [0.717, 1.165) is 0 Å². The molecule has 116 valence electrons. The summed E-state index contributed by atoms with van der Waals surface area (Å²) in [7, 11) is 1.35. The average molecular weight is 296 g/mol. The van der Waals surface area contributed by atoms with E-state index in [9.17, 15) is 20.0 Å². The van der Waals surface area contributed by atoms with Crippen molar-refractivity contribution in [3.05, 3.63) is 28.3 Å². The molecule has 0 heterocycles. The first-order valence-corrected chi connectivity index (χ1v) is 6.37. The van der Waals surface area contributed by atoms with Crippen molar-refractivity contribution >= 4 is 17.3 Å². The van der Waals surface area contributed by atoms with Gasteiger partial charge in [0.2, 0.25) is 0 Å². The van der Waals surface area contributed by atoms with Gasteiger partial charge in [-0.2, -0.15) is 0 Å². The van der Waals surface area contributed by atoms with Crippen LogP contribution in [0.4, 0.5) is 11.4 Å². The van der Waals surface area contributed by atoms with Gasteiger partial charge < -0.3 is 15.2 Å². The number of rotatable bonds is 6. The number of aliphatic carboxylic acids is 1. The number of carboxylic acid groups (broad SMARTS) is 1. The second-order valence-electron chi connectivity index (χ2n) is 5.82. The number of carbonyl (C=O) groups is 1. The molecule has 21 heavy (non-hydrogen) atoms. The highest BCUT2D eigenvalue weighted by Crippen LogP contribution is 2.36. The van der Waals surface area contributed by atoms with Gasteiger partial charge >= 0.3 is 11.7 Å². The van der Waals surface area contributed by atoms with Crippen LogP contribution in [0.2, 0.25) is 0 Å². The van der Waals surface area contributed by atoms with Crippen molar-refractivity contribution in [2.75, 3.05) is 12.4 Å². The Morgan fingerprint density at radius 2 is 1.90 bits per heavy atom. The lowest BCUT2D eigenvalue weighted by molar-refractivity contribution is -0.385. The van der Waals surface area contributed by atoms with E-state index in [4.69, 9.17) is 4.74 Å². The molecule has 1 rings (SSSR count). The summed E-state index contributed by atoms with van der Waals surface area (Å²) < 4.78 is 5.00. The van der Waals surface area contributed by atoms with Gasteiger partial charge in [-0.15, -0.1) is 0 Å². The predicted molar refractivity (Wildman–Crippen MR) is 78.8 cm³/mol. The van der Waals surface area contributed by atoms with E-state index < -0.39 is 21.8 Å². The fraction of sp³-hybridized carbons (Fsp3) is 0.500. The Morgan fingerprint density at radius 1 is 1.33 bits per heavy atom. The Bertz CT molecular complexity index is 566. The largest absolute Gasteiger partial charge is 0.490 e. The minimum Gasteiger partial charge on any atom is -0.490 e. The molecule has 0 atom stereocenters. The smallest absolute Gasteiger partial charge is 0.311 e. The number of anilines is 1. The van der Waals surface area contributed by atoms with Gasteiger partial charge in [-0.05, 0) is 33.8 Å². The van der Waals surface area contributed by atoms with Crippen molar-refractivity contribution in [3.8, 4) is 5.75 Å². The first-order chi connectivity index (χ1) is 9.52. The zero-order chi connectivity index (χ0) is 16.4. The molecule has 1 aromatic carbocycles. The van der Waals surface area contributed by atoms with Gasteiger partial charge in [0.15, 0.2) is 5.75 Å². The maximum atomic E-state index is 11.4. The van der Waals surface area contributed by atoms with Crippen molar-refractivity contribution in [2.24, 2.45) is 5.41 Å². The number of nitro groups is 1. The lowest BCUT2D eigenvalue weighted by Gasteiger charge is -2.39. The summed E-state index contributed by atoms with van der Waals surface area (Å²) in [6.07, 6.45) is 0. The fourth-order valence-electron chi connectivity index (χ4n) is 1.69. The van der Waals surface area contributed by atoms with Crippen LogP contribution in [0.15, 0.2) is 18.2 Å². The van der Waals surface area contributed by atoms with E-state index in [1.165, 1.54) is 25.3 Å². The molecule has 0 saturated carbocycles. The number of methoxy groups -OCH3 is 1. The van der Waals surface area contributed by atoms with Gasteiger partial charge in [0.1, 0.15) is 0 Å². The molecular formula is C14H20N2O5. The van der Waals surface area contributed by atoms with Gasteiger partial charge in [0, 0.05) is 23.4 Å². The zero-order valence-corrected chi connectivity index (χ0v) is 12.8. The molecule has 0 aliphatic carbocycles. The molecule has 0 bridgehead atoms. The number of carboxylic acids is 1. The molecule has 1 aromatic rings. The molecule has 0 saturated heterocycles. The van der Waals surface area contributed by atoms with Crippen molar-refractivity contribution in [3.63, 3.8) is 0 Å². The highest BCUT2D eigenvalue weighted by atomic mass is 16.6. The highest BCUT2D eigenvalue weighted by molar-refractivity contribution is 5.76. The fourth-order valence-corrected chi connectivity index (χ4v) is 1.69. The molecule has 0 aromatic heterocycles. The first kappa shape index (κ1) is 16.7. The number of nitrogens with one attached hydrogen (secondary N) is 1. The van der Waals surface area contributed by atoms with Crippen molar-refractivity contribution in [2.45, 2.75) is 33.2 Å². The molecule has 0 amide bonds. The average Bonchev–Trinajstić information content (AvgIpc) is 2.37. The Kier molecular flexibility index (Phi) is 4.46. The van der Waals surface area contributed by atoms with Gasteiger partial charge in [0.25, 0.3) is 0 Å². The molecule has 0 unspecified atom stereocenters. The number of ether oxygens (including phenoxy) is 1. The third-order valence-electron chi connectivity index (χ3n) is 3.93. The second-order valence-corrected chi connectivity index (χ2v) is 5.82. The van der Waals surface area contributed by atoms with Crippen molar-refractivity contribution in [1.82, 2.24) is 0 Å². The monoisotopic (exact) mass is 296 g/mol. The molecule has 7 heteroatoms. The van der Waals surface area contributed by atoms with E-state index in [1.54, 1.807) is 27.7 Å². The van der Waals surface area contributed by atoms with Crippen LogP contribution in [-0.4, -0.2) is 28.6 Å². The van der Waals surface area contributed by atoms with E-state index in [0.29, 0.717) is 5.69 Å². The molecule has 0 fully saturated rings. The standard InChI is InChI=1S/C14H20N2O5/c1-13(2,12(17)18)14(3,4)15-9-6-7-10(16(19)20)11(8-9)21-5/h6-8,15H,1-5H3,(H,17,18). The van der Waals surface area contributed by atoms with Gasteiger partial charge in [-0.3, -0.25) is 14.9 Å². The molecule has 0 radical (unpaired) electrons. The Balaban J connectivity index is 3.14. The first-order valence-electron chi connectivity index (χ1n) is 6.37. The number of nitro benzene ring substituents is 1.